The van der Waals surface area contributed by atoms with Gasteiger partial charge in [-0.15, -0.1) is 0 Å². The van der Waals surface area contributed by atoms with Gasteiger partial charge in [0.1, 0.15) is 5.82 Å². The summed E-state index contributed by atoms with van der Waals surface area (Å²) in [5, 5.41) is 13.4. The molecule has 1 aromatic heterocycles. The standard InChI is InChI=1S/C17H14N4/c18-10-13-9-17(21-16-4-2-1-3-15(13)16)20-11-12-5-7-14(19)8-6-12/h1-9H,11,19H2,(H,20,21). The average molecular weight is 274 g/mol. The van der Waals surface area contributed by atoms with E-state index in [0.717, 1.165) is 22.2 Å². The summed E-state index contributed by atoms with van der Waals surface area (Å²) in [6, 6.07) is 19.3. The SMILES string of the molecule is N#Cc1cc(NCc2ccc(N)cc2)nc2ccccc12. The molecule has 3 N–H and O–H groups in total. The third-order valence-electron chi connectivity index (χ3n) is 3.29. The first kappa shape index (κ1) is 12.9. The van der Waals surface area contributed by atoms with Gasteiger partial charge in [-0.25, -0.2) is 4.98 Å². The van der Waals surface area contributed by atoms with Crippen LogP contribution in [0.3, 0.4) is 0 Å². The average Bonchev–Trinajstić information content (AvgIpc) is 2.53. The monoisotopic (exact) mass is 274 g/mol. The maximum Gasteiger partial charge on any atom is 0.128 e. The van der Waals surface area contributed by atoms with Gasteiger partial charge >= 0.3 is 0 Å². The summed E-state index contributed by atoms with van der Waals surface area (Å²) in [5.74, 6) is 0.696. The van der Waals surface area contributed by atoms with Gasteiger partial charge in [-0.05, 0) is 29.8 Å². The minimum atomic E-state index is 0.625. The predicted molar refractivity (Wildman–Crippen MR) is 84.6 cm³/mol. The number of para-hydroxylation sites is 1. The van der Waals surface area contributed by atoms with Crippen molar-refractivity contribution in [2.24, 2.45) is 0 Å². The molecule has 0 amide bonds. The molecule has 0 saturated heterocycles. The van der Waals surface area contributed by atoms with Crippen molar-refractivity contribution >= 4 is 22.4 Å². The van der Waals surface area contributed by atoms with Crippen molar-refractivity contribution in [2.75, 3.05) is 11.1 Å². The molecule has 21 heavy (non-hydrogen) atoms. The second-order valence-corrected chi connectivity index (χ2v) is 4.78. The minimum Gasteiger partial charge on any atom is -0.399 e. The summed E-state index contributed by atoms with van der Waals surface area (Å²) in [6.45, 7) is 0.635. The molecular weight excluding hydrogens is 260 g/mol. The summed E-state index contributed by atoms with van der Waals surface area (Å²) in [4.78, 5) is 4.53. The molecule has 2 aromatic carbocycles. The number of pyridine rings is 1. The van der Waals surface area contributed by atoms with Gasteiger partial charge in [-0.2, -0.15) is 5.26 Å². The van der Waals surface area contributed by atoms with Crippen LogP contribution < -0.4 is 11.1 Å². The minimum absolute atomic E-state index is 0.625. The molecule has 0 aliphatic rings. The number of rotatable bonds is 3. The molecule has 1 heterocycles. The zero-order valence-corrected chi connectivity index (χ0v) is 11.4. The van der Waals surface area contributed by atoms with Gasteiger partial charge in [0.25, 0.3) is 0 Å². The van der Waals surface area contributed by atoms with Gasteiger partial charge < -0.3 is 11.1 Å². The van der Waals surface area contributed by atoms with Crippen LogP contribution in [-0.4, -0.2) is 4.98 Å². The van der Waals surface area contributed by atoms with Gasteiger partial charge in [-0.3, -0.25) is 0 Å². The lowest BCUT2D eigenvalue weighted by Crippen LogP contribution is -2.02. The van der Waals surface area contributed by atoms with Crippen LogP contribution in [0.2, 0.25) is 0 Å². The van der Waals surface area contributed by atoms with Crippen molar-refractivity contribution in [3.05, 3.63) is 65.7 Å². The number of fused-ring (bicyclic) bond motifs is 1. The molecule has 4 nitrogen and oxygen atoms in total. The Hall–Kier alpha value is -3.06. The van der Waals surface area contributed by atoms with Crippen LogP contribution in [0.25, 0.3) is 10.9 Å². The van der Waals surface area contributed by atoms with Crippen LogP contribution >= 0.6 is 0 Å². The molecule has 0 radical (unpaired) electrons. The number of nitrogens with two attached hydrogens (primary N) is 1. The Kier molecular flexibility index (Phi) is 3.40. The summed E-state index contributed by atoms with van der Waals surface area (Å²) < 4.78 is 0. The second-order valence-electron chi connectivity index (χ2n) is 4.78. The van der Waals surface area contributed by atoms with E-state index < -0.39 is 0 Å². The number of nitrogens with one attached hydrogen (secondary N) is 1. The van der Waals surface area contributed by atoms with Crippen molar-refractivity contribution in [1.29, 1.82) is 5.26 Å². The molecule has 102 valence electrons. The number of nitrogens with zero attached hydrogens (tertiary/aromatic N) is 2. The largest absolute Gasteiger partial charge is 0.399 e. The highest BCUT2D eigenvalue weighted by Gasteiger charge is 2.04. The van der Waals surface area contributed by atoms with E-state index in [9.17, 15) is 5.26 Å². The van der Waals surface area contributed by atoms with E-state index in [-0.39, 0.29) is 0 Å². The fraction of sp³-hybridized carbons (Fsp3) is 0.0588. The molecule has 0 aliphatic heterocycles. The van der Waals surface area contributed by atoms with Gasteiger partial charge in [0.05, 0.1) is 17.1 Å². The van der Waals surface area contributed by atoms with E-state index in [4.69, 9.17) is 5.73 Å². The molecule has 0 unspecified atom stereocenters. The van der Waals surface area contributed by atoms with Crippen molar-refractivity contribution in [3.63, 3.8) is 0 Å². The lowest BCUT2D eigenvalue weighted by atomic mass is 10.1. The molecule has 0 bridgehead atoms. The third-order valence-corrected chi connectivity index (χ3v) is 3.29. The zero-order valence-electron chi connectivity index (χ0n) is 11.4. The van der Waals surface area contributed by atoms with E-state index in [1.807, 2.05) is 48.5 Å². The Bertz CT molecular complexity index is 816. The fourth-order valence-electron chi connectivity index (χ4n) is 2.19. The topological polar surface area (TPSA) is 74.7 Å². The Labute approximate surface area is 122 Å². The molecule has 4 heteroatoms. The quantitative estimate of drug-likeness (QED) is 0.718. The smallest absolute Gasteiger partial charge is 0.128 e. The molecule has 0 saturated carbocycles. The normalized spacial score (nSPS) is 10.2. The van der Waals surface area contributed by atoms with Crippen LogP contribution in [-0.2, 0) is 6.54 Å². The van der Waals surface area contributed by atoms with Crippen molar-refractivity contribution in [3.8, 4) is 6.07 Å². The highest BCUT2D eigenvalue weighted by molar-refractivity contribution is 5.86. The zero-order chi connectivity index (χ0) is 14.7. The molecule has 0 fully saturated rings. The van der Waals surface area contributed by atoms with Crippen LogP contribution in [0, 0.1) is 11.3 Å². The van der Waals surface area contributed by atoms with Crippen LogP contribution in [0.1, 0.15) is 11.1 Å². The number of benzene rings is 2. The maximum absolute atomic E-state index is 9.26. The molecule has 0 atom stereocenters. The van der Waals surface area contributed by atoms with E-state index in [0.29, 0.717) is 17.9 Å². The Balaban J connectivity index is 1.87. The third kappa shape index (κ3) is 2.77. The number of anilines is 2. The Morgan fingerprint density at radius 3 is 2.62 bits per heavy atom. The first-order valence-corrected chi connectivity index (χ1v) is 6.64. The van der Waals surface area contributed by atoms with E-state index in [1.165, 1.54) is 0 Å². The van der Waals surface area contributed by atoms with Gasteiger partial charge in [0, 0.05) is 17.6 Å². The van der Waals surface area contributed by atoms with Crippen molar-refractivity contribution in [1.82, 2.24) is 4.98 Å². The first-order chi connectivity index (χ1) is 10.3. The van der Waals surface area contributed by atoms with Crippen LogP contribution in [0.5, 0.6) is 0 Å². The maximum atomic E-state index is 9.26. The molecule has 3 aromatic rings. The van der Waals surface area contributed by atoms with Crippen LogP contribution in [0.4, 0.5) is 11.5 Å². The molecule has 0 spiro atoms. The van der Waals surface area contributed by atoms with Gasteiger partial charge in [-0.1, -0.05) is 30.3 Å². The Morgan fingerprint density at radius 1 is 1.10 bits per heavy atom. The van der Waals surface area contributed by atoms with Gasteiger partial charge in [0.2, 0.25) is 0 Å². The Morgan fingerprint density at radius 2 is 1.86 bits per heavy atom. The van der Waals surface area contributed by atoms with E-state index >= 15 is 0 Å². The van der Waals surface area contributed by atoms with E-state index in [2.05, 4.69) is 16.4 Å². The number of hydrogen-bond acceptors (Lipinski definition) is 4. The summed E-state index contributed by atoms with van der Waals surface area (Å²) >= 11 is 0. The highest BCUT2D eigenvalue weighted by Crippen LogP contribution is 2.20. The molecular formula is C17H14N4. The van der Waals surface area contributed by atoms with Crippen molar-refractivity contribution < 1.29 is 0 Å². The summed E-state index contributed by atoms with van der Waals surface area (Å²) in [6.07, 6.45) is 0. The lowest BCUT2D eigenvalue weighted by Gasteiger charge is -2.08. The lowest BCUT2D eigenvalue weighted by molar-refractivity contribution is 1.12. The molecule has 3 rings (SSSR count). The van der Waals surface area contributed by atoms with Crippen molar-refractivity contribution in [2.45, 2.75) is 6.54 Å². The second kappa shape index (κ2) is 5.51. The fourth-order valence-corrected chi connectivity index (χ4v) is 2.19. The predicted octanol–water partition coefficient (Wildman–Crippen LogP) is 3.30. The number of hydrogen-bond donors (Lipinski definition) is 2. The molecule has 0 aliphatic carbocycles. The summed E-state index contributed by atoms with van der Waals surface area (Å²) in [5.41, 5.74) is 8.96. The summed E-state index contributed by atoms with van der Waals surface area (Å²) in [7, 11) is 0. The van der Waals surface area contributed by atoms with Crippen LogP contribution in [0.15, 0.2) is 54.6 Å². The highest BCUT2D eigenvalue weighted by atomic mass is 15.0. The number of nitriles is 1. The van der Waals surface area contributed by atoms with Gasteiger partial charge in [0.15, 0.2) is 0 Å². The van der Waals surface area contributed by atoms with E-state index in [1.54, 1.807) is 6.07 Å². The first-order valence-electron chi connectivity index (χ1n) is 6.64. The number of nitrogen functional groups attached to an aromatic ring is 1. The number of aromatic nitrogens is 1.